The van der Waals surface area contributed by atoms with E-state index in [4.69, 9.17) is 0 Å². The number of rotatable bonds is 3. The molecule has 0 bridgehead atoms. The predicted octanol–water partition coefficient (Wildman–Crippen LogP) is 2.50. The topological polar surface area (TPSA) is 15.3 Å². The first kappa shape index (κ1) is 12.4. The van der Waals surface area contributed by atoms with Crippen molar-refractivity contribution in [3.63, 3.8) is 0 Å². The molecule has 2 aliphatic heterocycles. The van der Waals surface area contributed by atoms with Crippen molar-refractivity contribution >= 4 is 0 Å². The van der Waals surface area contributed by atoms with E-state index in [2.05, 4.69) is 31.0 Å². The molecule has 16 heavy (non-hydrogen) atoms. The van der Waals surface area contributed by atoms with Gasteiger partial charge in [0.2, 0.25) is 0 Å². The van der Waals surface area contributed by atoms with Gasteiger partial charge in [0.05, 0.1) is 0 Å². The average Bonchev–Trinajstić information content (AvgIpc) is 2.65. The van der Waals surface area contributed by atoms with Crippen LogP contribution in [-0.4, -0.2) is 36.6 Å². The zero-order chi connectivity index (χ0) is 11.6. The van der Waals surface area contributed by atoms with Gasteiger partial charge in [-0.3, -0.25) is 0 Å². The zero-order valence-corrected chi connectivity index (χ0v) is 11.3. The summed E-state index contributed by atoms with van der Waals surface area (Å²) in [7, 11) is 0. The van der Waals surface area contributed by atoms with E-state index in [1.165, 1.54) is 51.9 Å². The maximum absolute atomic E-state index is 3.76. The summed E-state index contributed by atoms with van der Waals surface area (Å²) in [6.45, 7) is 12.3. The fourth-order valence-electron chi connectivity index (χ4n) is 3.77. The number of likely N-dealkylation sites (tertiary alicyclic amines) is 1. The van der Waals surface area contributed by atoms with Crippen LogP contribution >= 0.6 is 0 Å². The van der Waals surface area contributed by atoms with Gasteiger partial charge < -0.3 is 10.2 Å². The highest BCUT2D eigenvalue weighted by Crippen LogP contribution is 2.28. The molecule has 0 saturated carbocycles. The minimum absolute atomic E-state index is 0.441. The zero-order valence-electron chi connectivity index (χ0n) is 11.3. The Bertz CT molecular complexity index is 211. The summed E-state index contributed by atoms with van der Waals surface area (Å²) in [4.78, 5) is 2.71. The molecule has 0 aliphatic carbocycles. The quantitative estimate of drug-likeness (QED) is 0.792. The number of piperidine rings is 1. The fraction of sp³-hybridized carbons (Fsp3) is 1.00. The van der Waals surface area contributed by atoms with Gasteiger partial charge in [-0.05, 0) is 44.1 Å². The van der Waals surface area contributed by atoms with Crippen LogP contribution in [0.1, 0.15) is 46.5 Å². The lowest BCUT2D eigenvalue weighted by Crippen LogP contribution is -2.52. The van der Waals surface area contributed by atoms with Crippen molar-refractivity contribution in [1.29, 1.82) is 0 Å². The minimum Gasteiger partial charge on any atom is -0.310 e. The van der Waals surface area contributed by atoms with Crippen LogP contribution in [0.4, 0.5) is 0 Å². The van der Waals surface area contributed by atoms with Crippen molar-refractivity contribution in [3.05, 3.63) is 0 Å². The molecule has 94 valence electrons. The van der Waals surface area contributed by atoms with Gasteiger partial charge in [-0.25, -0.2) is 0 Å². The third kappa shape index (κ3) is 2.78. The Morgan fingerprint density at radius 2 is 1.94 bits per heavy atom. The Hall–Kier alpha value is -0.0800. The Morgan fingerprint density at radius 3 is 2.44 bits per heavy atom. The van der Waals surface area contributed by atoms with Gasteiger partial charge in [-0.2, -0.15) is 0 Å². The molecule has 2 heterocycles. The summed E-state index contributed by atoms with van der Waals surface area (Å²) in [5.74, 6) is 1.78. The van der Waals surface area contributed by atoms with E-state index >= 15 is 0 Å². The number of hydrogen-bond acceptors (Lipinski definition) is 2. The molecule has 0 aromatic heterocycles. The summed E-state index contributed by atoms with van der Waals surface area (Å²) in [5.41, 5.74) is 0.441. The molecule has 3 unspecified atom stereocenters. The van der Waals surface area contributed by atoms with E-state index in [1.807, 2.05) is 0 Å². The summed E-state index contributed by atoms with van der Waals surface area (Å²) < 4.78 is 0. The maximum Gasteiger partial charge on any atom is 0.0306 e. The normalized spacial score (nSPS) is 41.4. The van der Waals surface area contributed by atoms with Crippen molar-refractivity contribution in [3.8, 4) is 0 Å². The summed E-state index contributed by atoms with van der Waals surface area (Å²) in [6, 6.07) is 0. The smallest absolute Gasteiger partial charge is 0.0306 e. The molecule has 2 heteroatoms. The SMILES string of the molecule is CCC1(CN2CC(C)CC(C)C2)CCCN1. The highest BCUT2D eigenvalue weighted by molar-refractivity contribution is 4.95. The second-order valence-corrected chi connectivity index (χ2v) is 6.30. The van der Waals surface area contributed by atoms with Crippen LogP contribution in [0.25, 0.3) is 0 Å². The molecule has 0 radical (unpaired) electrons. The molecule has 3 atom stereocenters. The summed E-state index contributed by atoms with van der Waals surface area (Å²) in [5, 5.41) is 3.76. The fourth-order valence-corrected chi connectivity index (χ4v) is 3.77. The van der Waals surface area contributed by atoms with Crippen molar-refractivity contribution < 1.29 is 0 Å². The van der Waals surface area contributed by atoms with E-state index in [9.17, 15) is 0 Å². The highest BCUT2D eigenvalue weighted by atomic mass is 15.2. The van der Waals surface area contributed by atoms with Crippen molar-refractivity contribution in [2.24, 2.45) is 11.8 Å². The molecule has 0 aromatic carbocycles. The molecule has 2 rings (SSSR count). The number of hydrogen-bond donors (Lipinski definition) is 1. The molecular formula is C14H28N2. The Morgan fingerprint density at radius 1 is 1.25 bits per heavy atom. The second kappa shape index (κ2) is 5.05. The van der Waals surface area contributed by atoms with Crippen LogP contribution in [0.3, 0.4) is 0 Å². The van der Waals surface area contributed by atoms with Gasteiger partial charge in [-0.15, -0.1) is 0 Å². The van der Waals surface area contributed by atoms with Gasteiger partial charge in [-0.1, -0.05) is 20.8 Å². The summed E-state index contributed by atoms with van der Waals surface area (Å²) >= 11 is 0. The predicted molar refractivity (Wildman–Crippen MR) is 69.6 cm³/mol. The van der Waals surface area contributed by atoms with E-state index < -0.39 is 0 Å². The maximum atomic E-state index is 3.76. The van der Waals surface area contributed by atoms with Crippen LogP contribution in [0.15, 0.2) is 0 Å². The number of nitrogens with zero attached hydrogens (tertiary/aromatic N) is 1. The third-order valence-electron chi connectivity index (χ3n) is 4.48. The first-order chi connectivity index (χ1) is 7.63. The van der Waals surface area contributed by atoms with E-state index in [0.29, 0.717) is 5.54 Å². The van der Waals surface area contributed by atoms with Gasteiger partial charge in [0.15, 0.2) is 0 Å². The molecule has 2 nitrogen and oxygen atoms in total. The lowest BCUT2D eigenvalue weighted by atomic mass is 9.88. The average molecular weight is 224 g/mol. The van der Waals surface area contributed by atoms with E-state index in [1.54, 1.807) is 0 Å². The highest BCUT2D eigenvalue weighted by Gasteiger charge is 2.35. The Balaban J connectivity index is 1.92. The van der Waals surface area contributed by atoms with Crippen molar-refractivity contribution in [1.82, 2.24) is 10.2 Å². The minimum atomic E-state index is 0.441. The van der Waals surface area contributed by atoms with Crippen LogP contribution in [0, 0.1) is 11.8 Å². The van der Waals surface area contributed by atoms with Gasteiger partial charge in [0.25, 0.3) is 0 Å². The summed E-state index contributed by atoms with van der Waals surface area (Å²) in [6.07, 6.45) is 5.45. The van der Waals surface area contributed by atoms with Crippen molar-refractivity contribution in [2.75, 3.05) is 26.2 Å². The van der Waals surface area contributed by atoms with E-state index in [-0.39, 0.29) is 0 Å². The Kier molecular flexibility index (Phi) is 3.91. The molecule has 2 aliphatic rings. The monoisotopic (exact) mass is 224 g/mol. The van der Waals surface area contributed by atoms with E-state index in [0.717, 1.165) is 11.8 Å². The standard InChI is InChI=1S/C14H28N2/c1-4-14(6-5-7-15-14)11-16-9-12(2)8-13(3)10-16/h12-13,15H,4-11H2,1-3H3. The first-order valence-corrected chi connectivity index (χ1v) is 7.11. The van der Waals surface area contributed by atoms with Crippen LogP contribution in [-0.2, 0) is 0 Å². The largest absolute Gasteiger partial charge is 0.310 e. The van der Waals surface area contributed by atoms with Gasteiger partial charge in [0.1, 0.15) is 0 Å². The van der Waals surface area contributed by atoms with Crippen LogP contribution in [0.2, 0.25) is 0 Å². The number of nitrogens with one attached hydrogen (secondary N) is 1. The molecular weight excluding hydrogens is 196 g/mol. The Labute approximate surface area is 101 Å². The third-order valence-corrected chi connectivity index (χ3v) is 4.48. The second-order valence-electron chi connectivity index (χ2n) is 6.30. The van der Waals surface area contributed by atoms with Crippen molar-refractivity contribution in [2.45, 2.75) is 52.0 Å². The molecule has 0 spiro atoms. The molecule has 1 N–H and O–H groups in total. The van der Waals surface area contributed by atoms with Gasteiger partial charge >= 0.3 is 0 Å². The molecule has 2 fully saturated rings. The first-order valence-electron chi connectivity index (χ1n) is 7.11. The lowest BCUT2D eigenvalue weighted by molar-refractivity contribution is 0.104. The molecule has 2 saturated heterocycles. The van der Waals surface area contributed by atoms with Crippen LogP contribution in [0.5, 0.6) is 0 Å². The molecule has 0 amide bonds. The van der Waals surface area contributed by atoms with Gasteiger partial charge in [0, 0.05) is 25.2 Å². The van der Waals surface area contributed by atoms with Crippen LogP contribution < -0.4 is 5.32 Å². The lowest BCUT2D eigenvalue weighted by Gasteiger charge is -2.41. The molecule has 0 aromatic rings.